The molecule has 1 unspecified atom stereocenters. The van der Waals surface area contributed by atoms with Gasteiger partial charge in [-0.1, -0.05) is 22.9 Å². The SMILES string of the molecule is Cc1c(C(=O)NCC2CC(=O)N(CC3CC3)C2)nnn1-c1cccc(Cl)c1. The number of nitrogens with zero attached hydrogens (tertiary/aromatic N) is 4. The van der Waals surface area contributed by atoms with E-state index in [-0.39, 0.29) is 23.4 Å². The summed E-state index contributed by atoms with van der Waals surface area (Å²) >= 11 is 6.03. The molecule has 2 amide bonds. The van der Waals surface area contributed by atoms with E-state index in [0.717, 1.165) is 18.8 Å². The lowest BCUT2D eigenvalue weighted by Gasteiger charge is -2.16. The van der Waals surface area contributed by atoms with Gasteiger partial charge in [-0.3, -0.25) is 9.59 Å². The quantitative estimate of drug-likeness (QED) is 0.824. The number of rotatable bonds is 6. The second-order valence-electron chi connectivity index (χ2n) is 7.44. The molecule has 2 aliphatic rings. The molecule has 1 aromatic heterocycles. The average Bonchev–Trinajstić information content (AvgIpc) is 3.27. The first-order valence-electron chi connectivity index (χ1n) is 9.25. The summed E-state index contributed by atoms with van der Waals surface area (Å²) < 4.78 is 1.59. The predicted octanol–water partition coefficient (Wildman–Crippen LogP) is 2.22. The number of carbonyl (C=O) groups is 2. The molecule has 2 fully saturated rings. The Hall–Kier alpha value is -2.41. The molecule has 2 heterocycles. The normalized spacial score (nSPS) is 19.6. The first-order valence-corrected chi connectivity index (χ1v) is 9.63. The maximum atomic E-state index is 12.5. The Bertz CT molecular complexity index is 877. The van der Waals surface area contributed by atoms with E-state index in [4.69, 9.17) is 11.6 Å². The van der Waals surface area contributed by atoms with E-state index < -0.39 is 0 Å². The van der Waals surface area contributed by atoms with Gasteiger partial charge in [-0.15, -0.1) is 5.10 Å². The standard InChI is InChI=1S/C19H22ClN5O2/c1-12-18(22-23-25(12)16-4-2-3-15(20)8-16)19(27)21-9-14-7-17(26)24(11-14)10-13-5-6-13/h2-4,8,13-14H,5-7,9-11H2,1H3,(H,21,27). The molecule has 1 aliphatic carbocycles. The van der Waals surface area contributed by atoms with E-state index in [9.17, 15) is 9.59 Å². The van der Waals surface area contributed by atoms with Gasteiger partial charge in [-0.05, 0) is 43.9 Å². The van der Waals surface area contributed by atoms with Crippen LogP contribution in [-0.2, 0) is 4.79 Å². The molecule has 1 N–H and O–H groups in total. The van der Waals surface area contributed by atoms with Crippen LogP contribution in [0.2, 0.25) is 5.02 Å². The minimum absolute atomic E-state index is 0.156. The zero-order valence-corrected chi connectivity index (χ0v) is 15.9. The van der Waals surface area contributed by atoms with Gasteiger partial charge in [0.05, 0.1) is 11.4 Å². The van der Waals surface area contributed by atoms with Gasteiger partial charge in [-0.2, -0.15) is 0 Å². The van der Waals surface area contributed by atoms with Crippen molar-refractivity contribution in [1.29, 1.82) is 0 Å². The van der Waals surface area contributed by atoms with Crippen LogP contribution >= 0.6 is 11.6 Å². The lowest BCUT2D eigenvalue weighted by atomic mass is 10.1. The van der Waals surface area contributed by atoms with Crippen molar-refractivity contribution in [2.45, 2.75) is 26.2 Å². The van der Waals surface area contributed by atoms with E-state index in [2.05, 4.69) is 15.6 Å². The molecule has 142 valence electrons. The van der Waals surface area contributed by atoms with Crippen molar-refractivity contribution in [3.63, 3.8) is 0 Å². The van der Waals surface area contributed by atoms with E-state index in [1.165, 1.54) is 12.8 Å². The summed E-state index contributed by atoms with van der Waals surface area (Å²) in [5.74, 6) is 0.771. The second-order valence-corrected chi connectivity index (χ2v) is 7.87. The van der Waals surface area contributed by atoms with Crippen LogP contribution in [0.15, 0.2) is 24.3 Å². The van der Waals surface area contributed by atoms with E-state index in [1.807, 2.05) is 17.0 Å². The number of aromatic nitrogens is 3. The number of likely N-dealkylation sites (tertiary alicyclic amines) is 1. The van der Waals surface area contributed by atoms with Crippen molar-refractivity contribution in [3.8, 4) is 5.69 Å². The third kappa shape index (κ3) is 3.98. The molecular weight excluding hydrogens is 366 g/mol. The van der Waals surface area contributed by atoms with Crippen LogP contribution in [0.3, 0.4) is 0 Å². The van der Waals surface area contributed by atoms with Crippen molar-refractivity contribution in [1.82, 2.24) is 25.2 Å². The lowest BCUT2D eigenvalue weighted by Crippen LogP contribution is -2.32. The van der Waals surface area contributed by atoms with Crippen LogP contribution in [0.4, 0.5) is 0 Å². The Labute approximate surface area is 162 Å². The van der Waals surface area contributed by atoms with Gasteiger partial charge < -0.3 is 10.2 Å². The molecule has 0 bridgehead atoms. The van der Waals surface area contributed by atoms with Gasteiger partial charge in [0.25, 0.3) is 5.91 Å². The maximum Gasteiger partial charge on any atom is 0.273 e. The topological polar surface area (TPSA) is 80.1 Å². The summed E-state index contributed by atoms with van der Waals surface area (Å²) in [7, 11) is 0. The molecule has 7 nitrogen and oxygen atoms in total. The number of benzene rings is 1. The van der Waals surface area contributed by atoms with Crippen molar-refractivity contribution in [2.24, 2.45) is 11.8 Å². The second kappa shape index (κ2) is 7.31. The van der Waals surface area contributed by atoms with E-state index in [1.54, 1.807) is 23.7 Å². The third-order valence-electron chi connectivity index (χ3n) is 5.18. The molecule has 1 saturated carbocycles. The summed E-state index contributed by atoms with van der Waals surface area (Å²) in [5.41, 5.74) is 1.69. The molecule has 4 rings (SSSR count). The largest absolute Gasteiger partial charge is 0.350 e. The van der Waals surface area contributed by atoms with Crippen LogP contribution < -0.4 is 5.32 Å². The third-order valence-corrected chi connectivity index (χ3v) is 5.42. The minimum atomic E-state index is -0.270. The molecular formula is C19H22ClN5O2. The van der Waals surface area contributed by atoms with Gasteiger partial charge >= 0.3 is 0 Å². The summed E-state index contributed by atoms with van der Waals surface area (Å²) in [6.45, 7) is 3.86. The Morgan fingerprint density at radius 3 is 2.89 bits per heavy atom. The number of amides is 2. The fourth-order valence-corrected chi connectivity index (χ4v) is 3.68. The van der Waals surface area contributed by atoms with Gasteiger partial charge in [0.1, 0.15) is 0 Å². The van der Waals surface area contributed by atoms with Gasteiger partial charge in [-0.25, -0.2) is 4.68 Å². The summed E-state index contributed by atoms with van der Waals surface area (Å²) in [5, 5.41) is 11.6. The Morgan fingerprint density at radius 1 is 1.33 bits per heavy atom. The highest BCUT2D eigenvalue weighted by molar-refractivity contribution is 6.30. The van der Waals surface area contributed by atoms with Crippen LogP contribution in [0.5, 0.6) is 0 Å². The first kappa shape index (κ1) is 18.0. The summed E-state index contributed by atoms with van der Waals surface area (Å²) in [4.78, 5) is 26.6. The van der Waals surface area contributed by atoms with Crippen LogP contribution in [0.25, 0.3) is 5.69 Å². The summed E-state index contributed by atoms with van der Waals surface area (Å²) in [6, 6.07) is 7.22. The highest BCUT2D eigenvalue weighted by Crippen LogP contribution is 2.31. The Kier molecular flexibility index (Phi) is 4.86. The number of hydrogen-bond acceptors (Lipinski definition) is 4. The predicted molar refractivity (Wildman–Crippen MR) is 101 cm³/mol. The molecule has 1 aromatic carbocycles. The van der Waals surface area contributed by atoms with Crippen molar-refractivity contribution < 1.29 is 9.59 Å². The molecule has 0 spiro atoms. The Balaban J connectivity index is 1.37. The molecule has 8 heteroatoms. The number of hydrogen-bond donors (Lipinski definition) is 1. The fraction of sp³-hybridized carbons (Fsp3) is 0.474. The van der Waals surface area contributed by atoms with Gasteiger partial charge in [0, 0.05) is 37.0 Å². The maximum absolute atomic E-state index is 12.5. The molecule has 1 saturated heterocycles. The monoisotopic (exact) mass is 387 g/mol. The van der Waals surface area contributed by atoms with Crippen molar-refractivity contribution in [3.05, 3.63) is 40.7 Å². The average molecular weight is 388 g/mol. The number of carbonyl (C=O) groups excluding carboxylic acids is 2. The first-order chi connectivity index (χ1) is 13.0. The molecule has 27 heavy (non-hydrogen) atoms. The highest BCUT2D eigenvalue weighted by atomic mass is 35.5. The zero-order chi connectivity index (χ0) is 19.0. The molecule has 1 aliphatic heterocycles. The highest BCUT2D eigenvalue weighted by Gasteiger charge is 2.34. The van der Waals surface area contributed by atoms with Crippen LogP contribution in [-0.4, -0.2) is 51.3 Å². The fourth-order valence-electron chi connectivity index (χ4n) is 3.49. The molecule has 0 radical (unpaired) electrons. The Morgan fingerprint density at radius 2 is 2.15 bits per heavy atom. The van der Waals surface area contributed by atoms with Crippen molar-refractivity contribution in [2.75, 3.05) is 19.6 Å². The smallest absolute Gasteiger partial charge is 0.273 e. The van der Waals surface area contributed by atoms with E-state index >= 15 is 0 Å². The van der Waals surface area contributed by atoms with Gasteiger partial charge in [0.15, 0.2) is 5.69 Å². The van der Waals surface area contributed by atoms with E-state index in [0.29, 0.717) is 29.6 Å². The minimum Gasteiger partial charge on any atom is -0.350 e. The van der Waals surface area contributed by atoms with Crippen LogP contribution in [0, 0.1) is 18.8 Å². The molecule has 1 atom stereocenters. The summed E-state index contributed by atoms with van der Waals surface area (Å²) in [6.07, 6.45) is 2.96. The van der Waals surface area contributed by atoms with Crippen LogP contribution in [0.1, 0.15) is 35.4 Å². The molecule has 2 aromatic rings. The number of halogens is 1. The number of nitrogens with one attached hydrogen (secondary N) is 1. The zero-order valence-electron chi connectivity index (χ0n) is 15.2. The van der Waals surface area contributed by atoms with Crippen molar-refractivity contribution >= 4 is 23.4 Å². The lowest BCUT2D eigenvalue weighted by molar-refractivity contribution is -0.127. The van der Waals surface area contributed by atoms with Gasteiger partial charge in [0.2, 0.25) is 5.91 Å².